The molecule has 4 aromatic rings. The molecule has 7 N–H and O–H groups in total. The van der Waals surface area contributed by atoms with Crippen LogP contribution in [0.25, 0.3) is 21.8 Å². The Morgan fingerprint density at radius 3 is 1.88 bits per heavy atom. The largest absolute Gasteiger partial charge is 0.444 e. The number of amides is 3. The van der Waals surface area contributed by atoms with Gasteiger partial charge in [-0.05, 0) is 94.3 Å². The van der Waals surface area contributed by atoms with Gasteiger partial charge in [0.1, 0.15) is 5.60 Å². The molecule has 2 aromatic heterocycles. The summed E-state index contributed by atoms with van der Waals surface area (Å²) in [5.74, 6) is -0.0886. The number of hydrogen-bond donors (Lipinski definition) is 5. The van der Waals surface area contributed by atoms with Gasteiger partial charge in [0.2, 0.25) is 0 Å². The van der Waals surface area contributed by atoms with Crippen LogP contribution in [-0.4, -0.2) is 64.6 Å². The summed E-state index contributed by atoms with van der Waals surface area (Å²) in [5, 5.41) is 5.54. The number of fused-ring (bicyclic) bond motifs is 2. The third-order valence-corrected chi connectivity index (χ3v) is 8.29. The Hall–Kier alpha value is -4.31. The maximum absolute atomic E-state index is 12.4. The van der Waals surface area contributed by atoms with Crippen molar-refractivity contribution in [3.05, 3.63) is 71.0 Å². The highest BCUT2D eigenvalue weighted by Crippen LogP contribution is 2.34. The second-order valence-corrected chi connectivity index (χ2v) is 12.5. The number of rotatable bonds is 4. The highest BCUT2D eigenvalue weighted by atomic mass is 16.6. The molecular formula is C33H42N6O4. The van der Waals surface area contributed by atoms with Gasteiger partial charge in [-0.1, -0.05) is 12.1 Å². The van der Waals surface area contributed by atoms with E-state index in [0.29, 0.717) is 30.1 Å². The quantitative estimate of drug-likeness (QED) is 0.224. The molecule has 4 heterocycles. The molecule has 10 heteroatoms. The Morgan fingerprint density at radius 1 is 0.814 bits per heavy atom. The molecule has 228 valence electrons. The minimum atomic E-state index is -0.499. The predicted octanol–water partition coefficient (Wildman–Crippen LogP) is 5.12. The Kier molecular flexibility index (Phi) is 8.77. The number of likely N-dealkylation sites (tertiary alicyclic amines) is 1. The first kappa shape index (κ1) is 30.2. The summed E-state index contributed by atoms with van der Waals surface area (Å²) < 4.78 is 5.50. The Bertz CT molecular complexity index is 1630. The van der Waals surface area contributed by atoms with Crippen LogP contribution >= 0.6 is 0 Å². The smallest absolute Gasteiger partial charge is 0.410 e. The molecule has 0 radical (unpaired) electrons. The van der Waals surface area contributed by atoms with E-state index in [1.54, 1.807) is 11.0 Å². The zero-order valence-corrected chi connectivity index (χ0v) is 25.2. The molecule has 2 fully saturated rings. The van der Waals surface area contributed by atoms with Gasteiger partial charge in [0, 0.05) is 48.7 Å². The van der Waals surface area contributed by atoms with E-state index >= 15 is 0 Å². The normalized spacial score (nSPS) is 19.1. The van der Waals surface area contributed by atoms with Crippen LogP contribution in [0.1, 0.15) is 90.1 Å². The second-order valence-electron chi connectivity index (χ2n) is 12.5. The van der Waals surface area contributed by atoms with E-state index in [2.05, 4.69) is 15.3 Å². The number of primary amides is 2. The SMILES string of the molecule is CC(C)(C)OC(=O)N1CCCC(c2ccc(C(N)=O)c3[nH]ccc23)C1.NC(=O)c1ccc(C2CCCNC2)c2cc[nH]c12. The van der Waals surface area contributed by atoms with Gasteiger partial charge >= 0.3 is 6.09 Å². The molecule has 10 nitrogen and oxygen atoms in total. The van der Waals surface area contributed by atoms with Crippen molar-refractivity contribution in [2.45, 2.75) is 63.9 Å². The van der Waals surface area contributed by atoms with E-state index in [9.17, 15) is 14.4 Å². The van der Waals surface area contributed by atoms with Crippen LogP contribution in [0, 0.1) is 0 Å². The molecule has 3 amide bonds. The molecule has 2 unspecified atom stereocenters. The summed E-state index contributed by atoms with van der Waals surface area (Å²) in [6, 6.07) is 11.6. The van der Waals surface area contributed by atoms with Crippen molar-refractivity contribution >= 4 is 39.7 Å². The molecule has 2 aliphatic rings. The van der Waals surface area contributed by atoms with E-state index in [1.807, 2.05) is 63.5 Å². The average molecular weight is 587 g/mol. The van der Waals surface area contributed by atoms with Crippen LogP contribution < -0.4 is 16.8 Å². The molecule has 2 atom stereocenters. The number of nitrogens with zero attached hydrogens (tertiary/aromatic N) is 1. The molecule has 2 aliphatic heterocycles. The van der Waals surface area contributed by atoms with E-state index in [4.69, 9.17) is 16.2 Å². The summed E-state index contributed by atoms with van der Waals surface area (Å²) in [7, 11) is 0. The number of carbonyl (C=O) groups excluding carboxylic acids is 3. The predicted molar refractivity (Wildman–Crippen MR) is 168 cm³/mol. The molecule has 2 saturated heterocycles. The first-order valence-corrected chi connectivity index (χ1v) is 15.0. The van der Waals surface area contributed by atoms with Crippen LogP contribution in [0.4, 0.5) is 4.79 Å². The number of ether oxygens (including phenoxy) is 1. The van der Waals surface area contributed by atoms with E-state index in [0.717, 1.165) is 53.3 Å². The molecule has 2 aromatic carbocycles. The van der Waals surface area contributed by atoms with Gasteiger partial charge < -0.3 is 36.4 Å². The Balaban J connectivity index is 0.000000180. The number of H-pyrrole nitrogens is 2. The lowest BCUT2D eigenvalue weighted by molar-refractivity contribution is 0.0198. The molecule has 0 saturated carbocycles. The number of hydrogen-bond acceptors (Lipinski definition) is 5. The zero-order chi connectivity index (χ0) is 30.7. The highest BCUT2D eigenvalue weighted by Gasteiger charge is 2.29. The van der Waals surface area contributed by atoms with Crippen molar-refractivity contribution in [1.29, 1.82) is 0 Å². The first-order chi connectivity index (χ1) is 20.5. The fraction of sp³-hybridized carbons (Fsp3) is 0.424. The van der Waals surface area contributed by atoms with Crippen molar-refractivity contribution in [2.75, 3.05) is 26.2 Å². The fourth-order valence-corrected chi connectivity index (χ4v) is 6.32. The number of carbonyl (C=O) groups is 3. The number of aromatic amines is 2. The van der Waals surface area contributed by atoms with Gasteiger partial charge in [0.05, 0.1) is 22.2 Å². The van der Waals surface area contributed by atoms with Crippen LogP contribution in [0.5, 0.6) is 0 Å². The average Bonchev–Trinajstić information content (AvgIpc) is 3.67. The Labute approximate surface area is 251 Å². The van der Waals surface area contributed by atoms with Gasteiger partial charge in [-0.25, -0.2) is 4.79 Å². The molecule has 0 bridgehead atoms. The standard InChI is InChI=1S/C19H25N3O3.C14H17N3O/c1-19(2,3)25-18(24)22-10-4-5-12(11-22)13-6-7-15(17(20)23)16-14(13)8-9-21-16;15-14(18)12-4-3-10(9-2-1-6-16-8-9)11-5-7-17-13(11)12/h6-9,12,21H,4-5,10-11H2,1-3H3,(H2,20,23);3-5,7,9,16-17H,1-2,6,8H2,(H2,15,18). The summed E-state index contributed by atoms with van der Waals surface area (Å²) in [6.07, 6.45) is 7.74. The topological polar surface area (TPSA) is 159 Å². The van der Waals surface area contributed by atoms with Crippen LogP contribution in [-0.2, 0) is 4.74 Å². The van der Waals surface area contributed by atoms with Gasteiger partial charge in [0.25, 0.3) is 11.8 Å². The van der Waals surface area contributed by atoms with E-state index in [-0.39, 0.29) is 17.9 Å². The minimum absolute atomic E-state index is 0.210. The third-order valence-electron chi connectivity index (χ3n) is 8.29. The summed E-state index contributed by atoms with van der Waals surface area (Å²) in [4.78, 5) is 43.4. The van der Waals surface area contributed by atoms with Gasteiger partial charge in [-0.2, -0.15) is 0 Å². The summed E-state index contributed by atoms with van der Waals surface area (Å²) in [5.41, 5.74) is 15.5. The van der Waals surface area contributed by atoms with Crippen molar-refractivity contribution in [3.63, 3.8) is 0 Å². The van der Waals surface area contributed by atoms with Crippen molar-refractivity contribution < 1.29 is 19.1 Å². The number of piperidine rings is 2. The number of nitrogens with one attached hydrogen (secondary N) is 3. The number of benzene rings is 2. The summed E-state index contributed by atoms with van der Waals surface area (Å²) >= 11 is 0. The zero-order valence-electron chi connectivity index (χ0n) is 25.2. The minimum Gasteiger partial charge on any atom is -0.444 e. The van der Waals surface area contributed by atoms with Crippen molar-refractivity contribution in [2.24, 2.45) is 11.5 Å². The molecule has 0 aliphatic carbocycles. The fourth-order valence-electron chi connectivity index (χ4n) is 6.32. The summed E-state index contributed by atoms with van der Waals surface area (Å²) in [6.45, 7) is 9.06. The monoisotopic (exact) mass is 586 g/mol. The maximum atomic E-state index is 12.4. The van der Waals surface area contributed by atoms with Gasteiger partial charge in [-0.3, -0.25) is 9.59 Å². The Morgan fingerprint density at radius 2 is 1.37 bits per heavy atom. The molecular weight excluding hydrogens is 544 g/mol. The number of aromatic nitrogens is 2. The lowest BCUT2D eigenvalue weighted by atomic mass is 9.88. The first-order valence-electron chi connectivity index (χ1n) is 15.0. The van der Waals surface area contributed by atoms with Crippen molar-refractivity contribution in [3.8, 4) is 0 Å². The molecule has 0 spiro atoms. The highest BCUT2D eigenvalue weighted by molar-refractivity contribution is 6.06. The van der Waals surface area contributed by atoms with E-state index < -0.39 is 11.5 Å². The lowest BCUT2D eigenvalue weighted by Gasteiger charge is -2.34. The van der Waals surface area contributed by atoms with Crippen LogP contribution in [0.3, 0.4) is 0 Å². The maximum Gasteiger partial charge on any atom is 0.410 e. The van der Waals surface area contributed by atoms with Crippen molar-refractivity contribution in [1.82, 2.24) is 20.2 Å². The molecule has 43 heavy (non-hydrogen) atoms. The van der Waals surface area contributed by atoms with Gasteiger partial charge in [-0.15, -0.1) is 0 Å². The molecule has 6 rings (SSSR count). The van der Waals surface area contributed by atoms with Gasteiger partial charge in [0.15, 0.2) is 0 Å². The van der Waals surface area contributed by atoms with E-state index in [1.165, 1.54) is 18.4 Å². The third kappa shape index (κ3) is 6.69. The second kappa shape index (κ2) is 12.5. The van der Waals surface area contributed by atoms with Crippen LogP contribution in [0.15, 0.2) is 48.8 Å². The number of nitrogens with two attached hydrogens (primary N) is 2. The lowest BCUT2D eigenvalue weighted by Crippen LogP contribution is -2.42. The van der Waals surface area contributed by atoms with Crippen LogP contribution in [0.2, 0.25) is 0 Å².